The molecule has 0 aliphatic heterocycles. The van der Waals surface area contributed by atoms with Crippen molar-refractivity contribution in [1.29, 1.82) is 0 Å². The molecule has 0 unspecified atom stereocenters. The molecule has 0 bridgehead atoms. The molecule has 3 heterocycles. The van der Waals surface area contributed by atoms with E-state index in [0.29, 0.717) is 0 Å². The highest BCUT2D eigenvalue weighted by molar-refractivity contribution is 6.13. The van der Waals surface area contributed by atoms with E-state index in [9.17, 15) is 0 Å². The summed E-state index contributed by atoms with van der Waals surface area (Å²) in [6.45, 7) is 2.22. The Kier molecular flexibility index (Phi) is 8.89. The summed E-state index contributed by atoms with van der Waals surface area (Å²) in [7, 11) is 0. The van der Waals surface area contributed by atoms with E-state index in [1.807, 2.05) is 0 Å². The van der Waals surface area contributed by atoms with Gasteiger partial charge in [-0.25, -0.2) is 0 Å². The van der Waals surface area contributed by atoms with Gasteiger partial charge in [-0.15, -0.1) is 0 Å². The number of hydrogen-bond donors (Lipinski definition) is 0. The van der Waals surface area contributed by atoms with Crippen LogP contribution in [0.15, 0.2) is 226 Å². The number of rotatable bonds is 8. The molecule has 66 heavy (non-hydrogen) atoms. The average molecular weight is 847 g/mol. The summed E-state index contributed by atoms with van der Waals surface area (Å²) >= 11 is 0. The van der Waals surface area contributed by atoms with Crippen LogP contribution in [0.2, 0.25) is 0 Å². The highest BCUT2D eigenvalue weighted by atomic mass is 16.3. The van der Waals surface area contributed by atoms with Crippen LogP contribution in [0.4, 0.5) is 0 Å². The van der Waals surface area contributed by atoms with Gasteiger partial charge in [0.1, 0.15) is 33.5 Å². The SMILES string of the molecule is Cc1ccc(-c2ccc3oc4ccc(-c5ccccc5)cc4c3c2)cc1-c1c(CCc2ccccc2)ccc2c1oc1ccc(-c3ccc4oc5ccc(-c6ccccc6)cc5c4c3)cc12. The molecule has 0 aliphatic carbocycles. The van der Waals surface area contributed by atoms with Gasteiger partial charge >= 0.3 is 0 Å². The zero-order valence-corrected chi connectivity index (χ0v) is 36.3. The zero-order chi connectivity index (χ0) is 43.7. The molecule has 13 rings (SSSR count). The van der Waals surface area contributed by atoms with E-state index < -0.39 is 0 Å². The van der Waals surface area contributed by atoms with Gasteiger partial charge < -0.3 is 13.3 Å². The molecule has 0 fully saturated rings. The topological polar surface area (TPSA) is 39.4 Å². The second-order valence-corrected chi connectivity index (χ2v) is 17.6. The predicted octanol–water partition coefficient (Wildman–Crippen LogP) is 17.8. The quantitative estimate of drug-likeness (QED) is 0.153. The Morgan fingerprint density at radius 1 is 0.303 bits per heavy atom. The molecular formula is C63H42O3. The van der Waals surface area contributed by atoms with Crippen LogP contribution < -0.4 is 0 Å². The van der Waals surface area contributed by atoms with Crippen LogP contribution in [0, 0.1) is 6.92 Å². The first-order chi connectivity index (χ1) is 32.6. The van der Waals surface area contributed by atoms with Crippen molar-refractivity contribution in [3.05, 3.63) is 229 Å². The average Bonchev–Trinajstić information content (AvgIpc) is 4.06. The molecule has 0 spiro atoms. The Hall–Kier alpha value is -8.40. The van der Waals surface area contributed by atoms with Crippen molar-refractivity contribution >= 4 is 65.8 Å². The Balaban J connectivity index is 0.935. The van der Waals surface area contributed by atoms with Crippen LogP contribution in [0.3, 0.4) is 0 Å². The normalized spacial score (nSPS) is 11.8. The highest BCUT2D eigenvalue weighted by Crippen LogP contribution is 2.44. The second-order valence-electron chi connectivity index (χ2n) is 17.6. The fourth-order valence-electron chi connectivity index (χ4n) is 10.1. The first kappa shape index (κ1) is 38.1. The first-order valence-electron chi connectivity index (χ1n) is 22.8. The lowest BCUT2D eigenvalue weighted by molar-refractivity contribution is 0.668. The van der Waals surface area contributed by atoms with Crippen molar-refractivity contribution in [2.75, 3.05) is 0 Å². The maximum Gasteiger partial charge on any atom is 0.143 e. The molecule has 0 amide bonds. The lowest BCUT2D eigenvalue weighted by Crippen LogP contribution is -1.97. The number of hydrogen-bond acceptors (Lipinski definition) is 3. The Labute approximate surface area is 381 Å². The summed E-state index contributed by atoms with van der Waals surface area (Å²) in [5.74, 6) is 0. The van der Waals surface area contributed by atoms with E-state index in [1.165, 1.54) is 44.5 Å². The smallest absolute Gasteiger partial charge is 0.143 e. The van der Waals surface area contributed by atoms with Crippen molar-refractivity contribution in [3.8, 4) is 55.6 Å². The van der Waals surface area contributed by atoms with Gasteiger partial charge in [-0.05, 0) is 153 Å². The van der Waals surface area contributed by atoms with E-state index in [-0.39, 0.29) is 0 Å². The standard InChI is InChI=1S/C63H42O3/c1-39-17-19-46(48-24-30-59-55(37-48)53-34-44(22-28-57(53)64-59)41-13-7-3-8-14-41)33-51(39)62-43(20-18-40-11-5-2-6-12-40)21-27-50-52-36-47(26-32-61(52)66-63(50)62)49-25-31-60-56(38-49)54-35-45(23-29-58(54)65-60)42-15-9-4-10-16-42/h2-17,19,21-38H,18,20H2,1H3. The summed E-state index contributed by atoms with van der Waals surface area (Å²) in [5, 5.41) is 6.66. The highest BCUT2D eigenvalue weighted by Gasteiger charge is 2.20. The first-order valence-corrected chi connectivity index (χ1v) is 22.8. The van der Waals surface area contributed by atoms with Gasteiger partial charge in [-0.1, -0.05) is 146 Å². The number of aryl methyl sites for hydroxylation is 3. The van der Waals surface area contributed by atoms with Crippen molar-refractivity contribution < 1.29 is 13.3 Å². The zero-order valence-electron chi connectivity index (χ0n) is 36.3. The minimum Gasteiger partial charge on any atom is -0.456 e. The lowest BCUT2D eigenvalue weighted by Gasteiger charge is -2.15. The summed E-state index contributed by atoms with van der Waals surface area (Å²) in [6.07, 6.45) is 1.80. The molecule has 0 N–H and O–H groups in total. The Morgan fingerprint density at radius 3 is 1.18 bits per heavy atom. The number of benzene rings is 10. The number of furan rings is 3. The van der Waals surface area contributed by atoms with Crippen LogP contribution in [0.1, 0.15) is 16.7 Å². The van der Waals surface area contributed by atoms with E-state index in [4.69, 9.17) is 13.3 Å². The third kappa shape index (κ3) is 6.51. The van der Waals surface area contributed by atoms with Gasteiger partial charge in [0, 0.05) is 37.9 Å². The van der Waals surface area contributed by atoms with Crippen LogP contribution in [0.5, 0.6) is 0 Å². The Bertz CT molecular complexity index is 3980. The van der Waals surface area contributed by atoms with Crippen LogP contribution >= 0.6 is 0 Å². The van der Waals surface area contributed by atoms with Crippen LogP contribution in [-0.4, -0.2) is 0 Å². The van der Waals surface area contributed by atoms with Crippen molar-refractivity contribution in [3.63, 3.8) is 0 Å². The van der Waals surface area contributed by atoms with E-state index >= 15 is 0 Å². The summed E-state index contributed by atoms with van der Waals surface area (Å²) < 4.78 is 19.7. The van der Waals surface area contributed by atoms with Gasteiger partial charge in [-0.3, -0.25) is 0 Å². The van der Waals surface area contributed by atoms with Crippen LogP contribution in [0.25, 0.3) is 121 Å². The van der Waals surface area contributed by atoms with Gasteiger partial charge in [0.15, 0.2) is 0 Å². The van der Waals surface area contributed by atoms with Gasteiger partial charge in [0.05, 0.1) is 0 Å². The van der Waals surface area contributed by atoms with Crippen molar-refractivity contribution in [2.24, 2.45) is 0 Å². The fraction of sp³-hybridized carbons (Fsp3) is 0.0476. The summed E-state index contributed by atoms with van der Waals surface area (Å²) in [4.78, 5) is 0. The largest absolute Gasteiger partial charge is 0.456 e. The minimum absolute atomic E-state index is 0.874. The minimum atomic E-state index is 0.874. The fourth-order valence-corrected chi connectivity index (χ4v) is 10.1. The molecule has 0 saturated heterocycles. The van der Waals surface area contributed by atoms with E-state index in [2.05, 4.69) is 219 Å². The lowest BCUT2D eigenvalue weighted by atomic mass is 9.88. The molecular weight excluding hydrogens is 805 g/mol. The molecule has 0 atom stereocenters. The number of fused-ring (bicyclic) bond motifs is 9. The molecule has 3 nitrogen and oxygen atoms in total. The van der Waals surface area contributed by atoms with Crippen molar-refractivity contribution in [2.45, 2.75) is 19.8 Å². The monoisotopic (exact) mass is 846 g/mol. The van der Waals surface area contributed by atoms with Gasteiger partial charge in [0.25, 0.3) is 0 Å². The molecule has 10 aromatic carbocycles. The third-order valence-electron chi connectivity index (χ3n) is 13.6. The molecule has 312 valence electrons. The maximum atomic E-state index is 7.01. The summed E-state index contributed by atoms with van der Waals surface area (Å²) in [6, 6.07) is 76.0. The molecule has 13 aromatic rings. The van der Waals surface area contributed by atoms with Gasteiger partial charge in [-0.2, -0.15) is 0 Å². The van der Waals surface area contributed by atoms with Gasteiger partial charge in [0.2, 0.25) is 0 Å². The molecule has 0 radical (unpaired) electrons. The van der Waals surface area contributed by atoms with E-state index in [0.717, 1.165) is 106 Å². The predicted molar refractivity (Wildman–Crippen MR) is 274 cm³/mol. The Morgan fingerprint density at radius 2 is 0.697 bits per heavy atom. The summed E-state index contributed by atoms with van der Waals surface area (Å²) in [5.41, 5.74) is 20.7. The van der Waals surface area contributed by atoms with Crippen LogP contribution in [-0.2, 0) is 12.8 Å². The van der Waals surface area contributed by atoms with Crippen molar-refractivity contribution in [1.82, 2.24) is 0 Å². The molecule has 0 saturated carbocycles. The molecule has 3 aromatic heterocycles. The second kappa shape index (κ2) is 15.4. The molecule has 0 aliphatic rings. The third-order valence-corrected chi connectivity index (χ3v) is 13.6. The molecule has 3 heteroatoms. The maximum absolute atomic E-state index is 7.01. The van der Waals surface area contributed by atoms with E-state index in [1.54, 1.807) is 0 Å².